The highest BCUT2D eigenvalue weighted by Crippen LogP contribution is 2.62. The largest absolute Gasteiger partial charge is 0.462 e. The zero-order valence-electron chi connectivity index (χ0n) is 69.6. The predicted molar refractivity (Wildman–Crippen MR) is 441 cm³/mol. The third-order valence-electron chi connectivity index (χ3n) is 20.2. The lowest BCUT2D eigenvalue weighted by molar-refractivity contribution is -0.150. The molecule has 0 amide bonds. The molecule has 12 N–H and O–H groups in total. The number of ether oxygens (including phenoxy) is 8. The summed E-state index contributed by atoms with van der Waals surface area (Å²) in [5.41, 5.74) is 26.9. The SMILES string of the molecule is CC(C)OC(=O)[C@@H](C)NP1(=O)OC[C@H]2O[C@@H](n3cnc4c(N)ncnc43)[C@](C)(Cl)[C@@H]2O1.CC(C)OC(=O)[C@@H](C)N[P@@]1(=O)OC[C@H]2O[C@@H](n3cnc4c(N)ncnc43)[C@](C)(Cl)[C@@H]2O1.CC(C)OC(=O)[C@@H](C)N[P@]1(=O)OC[C@H]2O[C@@H](n3cnc4c(N)ncnc43)[C@](C)(Cl)[C@@H]2O1.CC(C)OC(=O)[C@H](C)NP1(=O)OC[C@H]2O[C@@H](n3cnc4c(N)ncnc43)[C@](C)(Cl)[C@@H]2O1. The molecule has 8 aliphatic heterocycles. The Hall–Kier alpha value is -7.28. The standard InChI is InChI=1S/4C17H24ClN6O6P/c4*1-8(2)28-15(25)9(3)23-31(26)27-5-10-12(30-31)17(4,18)16(29-10)24-7-22-11-13(19)20-6-21-14(11)24/h4*6-10,12,16H,5H2,1-4H3,(H,23,26)(H2,19,20,21)/t9-,10+,12+,16+,17+,31?;9-,10-,12-,16-,17-,31?;9-,10-,12-,16-,17-,31+;9-,10-,12-,16-,17-,31-/m0111/s1. The van der Waals surface area contributed by atoms with Crippen molar-refractivity contribution in [3.63, 3.8) is 0 Å². The minimum atomic E-state index is -3.86. The second kappa shape index (κ2) is 36.3. The maximum absolute atomic E-state index is 13.2. The molecule has 2 unspecified atom stereocenters. The van der Waals surface area contributed by atoms with Crippen molar-refractivity contribution >= 4 is 169 Å². The maximum atomic E-state index is 13.2. The van der Waals surface area contributed by atoms with E-state index in [0.717, 1.165) is 0 Å². The molecule has 48 nitrogen and oxygen atoms in total. The average Bonchev–Trinajstić information content (AvgIpc) is 1.59. The van der Waals surface area contributed by atoms with Crippen LogP contribution >= 0.6 is 77.4 Å². The number of anilines is 4. The van der Waals surface area contributed by atoms with Crippen molar-refractivity contribution in [2.45, 2.75) is 253 Å². The van der Waals surface area contributed by atoms with Gasteiger partial charge in [-0.05, 0) is 111 Å². The summed E-state index contributed by atoms with van der Waals surface area (Å²) in [6.07, 6.45) is 1.32. The third-order valence-corrected chi connectivity index (χ3v) is 28.5. The van der Waals surface area contributed by atoms with Gasteiger partial charge < -0.3 is 60.8 Å². The predicted octanol–water partition coefficient (Wildman–Crippen LogP) is 7.03. The van der Waals surface area contributed by atoms with E-state index in [1.54, 1.807) is 101 Å². The summed E-state index contributed by atoms with van der Waals surface area (Å²) in [5.74, 6) is -1.38. The first kappa shape index (κ1) is 94.3. The van der Waals surface area contributed by atoms with Gasteiger partial charge in [-0.3, -0.25) is 73.6 Å². The first-order chi connectivity index (χ1) is 58.1. The van der Waals surface area contributed by atoms with E-state index in [1.807, 2.05) is 0 Å². The normalized spacial score (nSPS) is 34.1. The number of fused-ring (bicyclic) bond motifs is 8. The van der Waals surface area contributed by atoms with Crippen LogP contribution in [-0.4, -0.2) is 245 Å². The van der Waals surface area contributed by atoms with Gasteiger partial charge in [0.2, 0.25) is 0 Å². The van der Waals surface area contributed by atoms with E-state index in [4.69, 9.17) is 143 Å². The molecule has 16 rings (SSSR count). The Balaban J connectivity index is 0.000000142. The number of carbonyl (C=O) groups excluding carboxylic acids is 4. The Bertz CT molecular complexity index is 4850. The summed E-state index contributed by atoms with van der Waals surface area (Å²) in [5, 5.41) is 10.4. The fraction of sp³-hybridized carbons (Fsp3) is 0.647. The summed E-state index contributed by atoms with van der Waals surface area (Å²) in [4.78, 5) is 93.2. The Morgan fingerprint density at radius 3 is 0.718 bits per heavy atom. The van der Waals surface area contributed by atoms with E-state index in [1.165, 1.54) is 78.3 Å². The van der Waals surface area contributed by atoms with Crippen molar-refractivity contribution in [2.24, 2.45) is 0 Å². The number of nitrogen functional groups attached to an aromatic ring is 4. The number of nitrogens with two attached hydrogens (primary N) is 4. The molecule has 56 heteroatoms. The fourth-order valence-corrected chi connectivity index (χ4v) is 23.1. The van der Waals surface area contributed by atoms with Gasteiger partial charge in [0.15, 0.2) is 70.8 Å². The summed E-state index contributed by atoms with van der Waals surface area (Å²) in [6, 6.07) is -3.66. The van der Waals surface area contributed by atoms with Gasteiger partial charge in [-0.15, -0.1) is 46.4 Å². The Kier molecular flexibility index (Phi) is 27.6. The smallest absolute Gasteiger partial charge is 0.406 e. The van der Waals surface area contributed by atoms with Gasteiger partial charge in [-0.25, -0.2) is 98.4 Å². The van der Waals surface area contributed by atoms with Crippen LogP contribution in [0.3, 0.4) is 0 Å². The molecule has 0 aromatic carbocycles. The fourth-order valence-electron chi connectivity index (χ4n) is 14.4. The molecule has 0 radical (unpaired) electrons. The van der Waals surface area contributed by atoms with Gasteiger partial charge in [0.25, 0.3) is 0 Å². The van der Waals surface area contributed by atoms with Crippen molar-refractivity contribution in [1.82, 2.24) is 98.4 Å². The number of esters is 4. The lowest BCUT2D eigenvalue weighted by atomic mass is 10.0. The molecule has 16 heterocycles. The second-order valence-corrected chi connectivity index (χ2v) is 41.8. The summed E-state index contributed by atoms with van der Waals surface area (Å²) in [7, 11) is -15.4. The molecule has 8 fully saturated rings. The highest BCUT2D eigenvalue weighted by Gasteiger charge is 2.65. The number of imidazole rings is 4. The van der Waals surface area contributed by atoms with E-state index in [9.17, 15) is 37.4 Å². The Morgan fingerprint density at radius 1 is 0.355 bits per heavy atom. The van der Waals surface area contributed by atoms with E-state index in [-0.39, 0.29) is 74.1 Å². The minimum absolute atomic E-state index is 0.0521. The molecule has 8 aromatic rings. The van der Waals surface area contributed by atoms with Gasteiger partial charge in [0.1, 0.15) is 140 Å². The van der Waals surface area contributed by atoms with E-state index in [2.05, 4.69) is 80.2 Å². The second-order valence-electron chi connectivity index (χ2n) is 31.7. The lowest BCUT2D eigenvalue weighted by Gasteiger charge is -2.36. The summed E-state index contributed by atoms with van der Waals surface area (Å²) in [6.45, 7) is 26.4. The number of hydrogen-bond donors (Lipinski definition) is 8. The van der Waals surface area contributed by atoms with Crippen LogP contribution in [0.5, 0.6) is 0 Å². The lowest BCUT2D eigenvalue weighted by Crippen LogP contribution is -2.47. The number of hydrogen-bond acceptors (Lipinski definition) is 40. The third kappa shape index (κ3) is 19.4. The molecule has 0 aliphatic carbocycles. The maximum Gasteiger partial charge on any atom is 0.406 e. The molecule has 0 spiro atoms. The first-order valence-electron chi connectivity index (χ1n) is 38.8. The Morgan fingerprint density at radius 2 is 0.540 bits per heavy atom. The molecule has 680 valence electrons. The molecule has 8 saturated heterocycles. The highest BCUT2D eigenvalue weighted by atomic mass is 35.5. The van der Waals surface area contributed by atoms with Crippen LogP contribution in [0.15, 0.2) is 50.6 Å². The number of rotatable bonds is 20. The number of nitrogens with zero attached hydrogens (tertiary/aromatic N) is 16. The van der Waals surface area contributed by atoms with Crippen LogP contribution in [0, 0.1) is 0 Å². The highest BCUT2D eigenvalue weighted by molar-refractivity contribution is 7.52. The van der Waals surface area contributed by atoms with E-state index >= 15 is 0 Å². The van der Waals surface area contributed by atoms with E-state index < -0.39 is 172 Å². The van der Waals surface area contributed by atoms with Gasteiger partial charge in [0, 0.05) is 0 Å². The van der Waals surface area contributed by atoms with Crippen molar-refractivity contribution in [3.8, 4) is 0 Å². The molecular weight excluding hydrogens is 1800 g/mol. The van der Waals surface area contributed by atoms with Gasteiger partial charge in [0.05, 0.1) is 76.2 Å². The number of alkyl halides is 4. The number of nitrogens with one attached hydrogen (secondary N) is 4. The minimum Gasteiger partial charge on any atom is -0.462 e. The average molecular weight is 1900 g/mol. The first-order valence-corrected chi connectivity index (χ1v) is 46.5. The van der Waals surface area contributed by atoms with Crippen LogP contribution in [0.1, 0.15) is 136 Å². The van der Waals surface area contributed by atoms with Crippen molar-refractivity contribution < 1.29 is 112 Å². The molecule has 124 heavy (non-hydrogen) atoms. The molecule has 8 aliphatic rings. The van der Waals surface area contributed by atoms with Crippen LogP contribution in [0.25, 0.3) is 44.7 Å². The zero-order chi connectivity index (χ0) is 90.2. The summed E-state index contributed by atoms with van der Waals surface area (Å²) < 4.78 is 149. The topological polar surface area (TPSA) is 611 Å². The number of carbonyl (C=O) groups is 4. The van der Waals surface area contributed by atoms with Crippen molar-refractivity contribution in [2.75, 3.05) is 49.4 Å². The van der Waals surface area contributed by atoms with Crippen LogP contribution < -0.4 is 43.3 Å². The molecule has 0 bridgehead atoms. The van der Waals surface area contributed by atoms with Gasteiger partial charge in [-0.2, -0.15) is 0 Å². The van der Waals surface area contributed by atoms with Crippen molar-refractivity contribution in [1.29, 1.82) is 0 Å². The van der Waals surface area contributed by atoms with E-state index in [0.29, 0.717) is 44.7 Å². The monoisotopic (exact) mass is 1900 g/mol. The number of halogens is 4. The van der Waals surface area contributed by atoms with Gasteiger partial charge >= 0.3 is 54.9 Å². The zero-order valence-corrected chi connectivity index (χ0v) is 76.2. The number of aromatic nitrogens is 16. The molecular formula is C68H96Cl4N24O24P4. The molecule has 0 saturated carbocycles. The van der Waals surface area contributed by atoms with Crippen LogP contribution in [0.2, 0.25) is 0 Å². The quantitative estimate of drug-likeness (QED) is 0.0164. The van der Waals surface area contributed by atoms with Crippen molar-refractivity contribution in [3.05, 3.63) is 50.6 Å². The molecule has 24 atom stereocenters. The van der Waals surface area contributed by atoms with Crippen LogP contribution in [-0.2, 0) is 112 Å². The molecule has 8 aromatic heterocycles. The Labute approximate surface area is 727 Å². The summed E-state index contributed by atoms with van der Waals surface area (Å²) >= 11 is 27.5. The van der Waals surface area contributed by atoms with Gasteiger partial charge in [-0.1, -0.05) is 0 Å². The van der Waals surface area contributed by atoms with Crippen LogP contribution in [0.4, 0.5) is 23.3 Å².